The molecule has 6 rings (SSSR count). The summed E-state index contributed by atoms with van der Waals surface area (Å²) in [6.07, 6.45) is 2.78. The summed E-state index contributed by atoms with van der Waals surface area (Å²) in [6, 6.07) is 3.65. The number of carbonyl (C=O) groups excluding carboxylic acids is 1. The van der Waals surface area contributed by atoms with Crippen LogP contribution < -0.4 is 25.0 Å². The standard InChI is InChI=1S/C27H35ClN6O5S/c1-31-7-3-4-19-23(31)29-26(30-24(19)35)34-8-5-27(6-9-34)22-20(28)16-18(17-21(22)32(2)25(27)36)39-13-10-33-11-14-40(37,38)15-12-33/h16-17H,3-15H2,1-2H3,(H,29,30,35). The highest BCUT2D eigenvalue weighted by molar-refractivity contribution is 7.91. The van der Waals surface area contributed by atoms with E-state index < -0.39 is 15.3 Å². The number of H-pyrrole nitrogens is 1. The van der Waals surface area contributed by atoms with Crippen LogP contribution in [-0.2, 0) is 26.5 Å². The number of aromatic amines is 1. The molecule has 4 aliphatic rings. The molecule has 216 valence electrons. The van der Waals surface area contributed by atoms with Gasteiger partial charge in [-0.05, 0) is 31.7 Å². The van der Waals surface area contributed by atoms with Gasteiger partial charge >= 0.3 is 0 Å². The first-order chi connectivity index (χ1) is 19.1. The molecule has 0 unspecified atom stereocenters. The van der Waals surface area contributed by atoms with Gasteiger partial charge in [-0.15, -0.1) is 0 Å². The molecule has 1 aromatic carbocycles. The maximum absolute atomic E-state index is 13.7. The van der Waals surface area contributed by atoms with E-state index in [2.05, 4.69) is 14.8 Å². The van der Waals surface area contributed by atoms with Crippen LogP contribution in [0, 0.1) is 0 Å². The highest BCUT2D eigenvalue weighted by Gasteiger charge is 2.52. The van der Waals surface area contributed by atoms with Crippen LogP contribution in [-0.4, -0.2) is 101 Å². The quantitative estimate of drug-likeness (QED) is 0.551. The zero-order valence-electron chi connectivity index (χ0n) is 22.9. The van der Waals surface area contributed by atoms with Gasteiger partial charge in [-0.2, -0.15) is 4.98 Å². The van der Waals surface area contributed by atoms with Gasteiger partial charge in [-0.1, -0.05) is 11.6 Å². The van der Waals surface area contributed by atoms with E-state index >= 15 is 0 Å². The Bertz CT molecular complexity index is 1490. The van der Waals surface area contributed by atoms with Crippen LogP contribution in [0.5, 0.6) is 5.75 Å². The minimum Gasteiger partial charge on any atom is -0.492 e. The number of likely N-dealkylation sites (N-methyl/N-ethyl adjacent to an activating group) is 1. The fourth-order valence-electron chi connectivity index (χ4n) is 6.52. The Labute approximate surface area is 239 Å². The zero-order valence-corrected chi connectivity index (χ0v) is 24.5. The third kappa shape index (κ3) is 4.73. The van der Waals surface area contributed by atoms with Gasteiger partial charge in [0.05, 0.1) is 33.2 Å². The van der Waals surface area contributed by atoms with Gasteiger partial charge in [-0.25, -0.2) is 8.42 Å². The number of nitrogens with zero attached hydrogens (tertiary/aromatic N) is 5. The molecule has 0 bridgehead atoms. The van der Waals surface area contributed by atoms with Crippen molar-refractivity contribution in [2.24, 2.45) is 0 Å². The van der Waals surface area contributed by atoms with Gasteiger partial charge in [0.2, 0.25) is 11.9 Å². The van der Waals surface area contributed by atoms with Gasteiger partial charge in [0.15, 0.2) is 9.84 Å². The molecule has 0 saturated carbocycles. The summed E-state index contributed by atoms with van der Waals surface area (Å²) < 4.78 is 29.3. The Morgan fingerprint density at radius 1 is 1.07 bits per heavy atom. The maximum Gasteiger partial charge on any atom is 0.257 e. The van der Waals surface area contributed by atoms with E-state index in [-0.39, 0.29) is 23.0 Å². The number of hydrogen-bond donors (Lipinski definition) is 1. The molecule has 13 heteroatoms. The average molecular weight is 591 g/mol. The van der Waals surface area contributed by atoms with Crippen LogP contribution in [0.15, 0.2) is 16.9 Å². The van der Waals surface area contributed by atoms with E-state index in [1.807, 2.05) is 18.0 Å². The number of anilines is 3. The number of sulfone groups is 1. The first-order valence-electron chi connectivity index (χ1n) is 13.8. The van der Waals surface area contributed by atoms with Gasteiger partial charge in [0.1, 0.15) is 18.2 Å². The molecule has 11 nitrogen and oxygen atoms in total. The fraction of sp³-hybridized carbons (Fsp3) is 0.593. The van der Waals surface area contributed by atoms with Crippen molar-refractivity contribution in [2.45, 2.75) is 31.1 Å². The number of aromatic nitrogens is 2. The minimum absolute atomic E-state index is 0.0161. The van der Waals surface area contributed by atoms with Crippen LogP contribution in [0.1, 0.15) is 30.4 Å². The number of rotatable bonds is 5. The monoisotopic (exact) mass is 590 g/mol. The third-order valence-corrected chi connectivity index (χ3v) is 10.8. The van der Waals surface area contributed by atoms with Crippen molar-refractivity contribution in [2.75, 3.05) is 86.2 Å². The summed E-state index contributed by atoms with van der Waals surface area (Å²) in [7, 11) is 0.816. The molecule has 1 spiro atoms. The summed E-state index contributed by atoms with van der Waals surface area (Å²) >= 11 is 6.84. The number of halogens is 1. The van der Waals surface area contributed by atoms with Crippen molar-refractivity contribution >= 4 is 44.8 Å². The van der Waals surface area contributed by atoms with E-state index in [1.54, 1.807) is 18.0 Å². The Morgan fingerprint density at radius 2 is 1.80 bits per heavy atom. The summed E-state index contributed by atoms with van der Waals surface area (Å²) in [5.74, 6) is 2.25. The van der Waals surface area contributed by atoms with E-state index in [9.17, 15) is 18.0 Å². The predicted molar refractivity (Wildman–Crippen MR) is 155 cm³/mol. The molecule has 2 fully saturated rings. The van der Waals surface area contributed by atoms with Crippen molar-refractivity contribution in [1.29, 1.82) is 0 Å². The first kappa shape index (κ1) is 27.3. The Hall–Kier alpha value is -2.83. The fourth-order valence-corrected chi connectivity index (χ4v) is 8.18. The topological polar surface area (TPSA) is 119 Å². The molecule has 40 heavy (non-hydrogen) atoms. The lowest BCUT2D eigenvalue weighted by Gasteiger charge is -2.39. The molecule has 1 amide bonds. The Kier molecular flexibility index (Phi) is 6.99. The molecule has 0 aliphatic carbocycles. The summed E-state index contributed by atoms with van der Waals surface area (Å²) in [6.45, 7) is 4.03. The number of nitrogens with one attached hydrogen (secondary N) is 1. The number of amides is 1. The molecular weight excluding hydrogens is 556 g/mol. The van der Waals surface area contributed by atoms with Gasteiger partial charge in [0, 0.05) is 65.0 Å². The van der Waals surface area contributed by atoms with Crippen molar-refractivity contribution in [1.82, 2.24) is 14.9 Å². The molecule has 0 atom stereocenters. The van der Waals surface area contributed by atoms with Gasteiger partial charge < -0.3 is 19.4 Å². The van der Waals surface area contributed by atoms with Crippen molar-refractivity contribution in [3.05, 3.63) is 38.6 Å². The summed E-state index contributed by atoms with van der Waals surface area (Å²) in [5, 5.41) is 0.504. The maximum atomic E-state index is 13.7. The number of ether oxygens (including phenoxy) is 1. The second-order valence-electron chi connectivity index (χ2n) is 11.3. The number of fused-ring (bicyclic) bond motifs is 3. The van der Waals surface area contributed by atoms with Crippen molar-refractivity contribution < 1.29 is 17.9 Å². The number of piperidine rings is 1. The minimum atomic E-state index is -2.92. The number of benzene rings is 1. The molecule has 5 heterocycles. The van der Waals surface area contributed by atoms with Crippen LogP contribution >= 0.6 is 11.6 Å². The van der Waals surface area contributed by atoms with Crippen LogP contribution in [0.2, 0.25) is 5.02 Å². The van der Waals surface area contributed by atoms with Gasteiger partial charge in [0.25, 0.3) is 5.56 Å². The summed E-state index contributed by atoms with van der Waals surface area (Å²) in [5.41, 5.74) is 1.50. The highest BCUT2D eigenvalue weighted by atomic mass is 35.5. The van der Waals surface area contributed by atoms with E-state index in [0.29, 0.717) is 68.9 Å². The molecular formula is C27H35ClN6O5S. The lowest BCUT2D eigenvalue weighted by atomic mass is 9.73. The average Bonchev–Trinajstić information content (AvgIpc) is 3.12. The normalized spacial score (nSPS) is 22.0. The van der Waals surface area contributed by atoms with Crippen LogP contribution in [0.3, 0.4) is 0 Å². The van der Waals surface area contributed by atoms with Crippen molar-refractivity contribution in [3.63, 3.8) is 0 Å². The molecule has 2 aromatic rings. The molecule has 1 N–H and O–H groups in total. The molecule has 2 saturated heterocycles. The lowest BCUT2D eigenvalue weighted by Crippen LogP contribution is -2.49. The SMILES string of the molecule is CN1CCCc2c1nc(N1CCC3(CC1)C(=O)N(C)c1cc(OCCN4CCS(=O)(=O)CC4)cc(Cl)c13)[nH]c2=O. The Morgan fingerprint density at radius 3 is 2.52 bits per heavy atom. The third-order valence-electron chi connectivity index (χ3n) is 8.89. The van der Waals surface area contributed by atoms with Gasteiger partial charge in [-0.3, -0.25) is 19.5 Å². The van der Waals surface area contributed by atoms with Crippen LogP contribution in [0.4, 0.5) is 17.5 Å². The summed E-state index contributed by atoms with van der Waals surface area (Å²) in [4.78, 5) is 42.1. The predicted octanol–water partition coefficient (Wildman–Crippen LogP) is 1.43. The van der Waals surface area contributed by atoms with Crippen molar-refractivity contribution in [3.8, 4) is 5.75 Å². The smallest absolute Gasteiger partial charge is 0.257 e. The number of hydrogen-bond acceptors (Lipinski definition) is 9. The second-order valence-corrected chi connectivity index (χ2v) is 14.0. The molecule has 0 radical (unpaired) electrons. The first-order valence-corrected chi connectivity index (χ1v) is 16.0. The van der Waals surface area contributed by atoms with E-state index in [4.69, 9.17) is 21.3 Å². The molecule has 4 aliphatic heterocycles. The lowest BCUT2D eigenvalue weighted by molar-refractivity contribution is -0.123. The highest BCUT2D eigenvalue weighted by Crippen LogP contribution is 2.52. The number of carbonyl (C=O) groups is 1. The zero-order chi connectivity index (χ0) is 28.2. The molecule has 1 aromatic heterocycles. The van der Waals surface area contributed by atoms with E-state index in [1.165, 1.54) is 0 Å². The van der Waals surface area contributed by atoms with E-state index in [0.717, 1.165) is 42.0 Å². The Balaban J connectivity index is 1.17. The van der Waals surface area contributed by atoms with Crippen LogP contribution in [0.25, 0.3) is 0 Å². The largest absolute Gasteiger partial charge is 0.492 e. The second kappa shape index (κ2) is 10.2.